The van der Waals surface area contributed by atoms with Crippen LogP contribution in [0.5, 0.6) is 5.75 Å². The van der Waals surface area contributed by atoms with E-state index in [1.54, 1.807) is 51.2 Å². The molecule has 40 heavy (non-hydrogen) atoms. The first-order valence-corrected chi connectivity index (χ1v) is 13.8. The predicted molar refractivity (Wildman–Crippen MR) is 143 cm³/mol. The normalized spacial score (nSPS) is 24.4. The van der Waals surface area contributed by atoms with Gasteiger partial charge in [-0.1, -0.05) is 23.0 Å². The average Bonchev–Trinajstić information content (AvgIpc) is 3.42. The summed E-state index contributed by atoms with van der Waals surface area (Å²) in [5.74, 6) is -0.116. The number of nitrogens with two attached hydrogens (primary N) is 1. The lowest BCUT2D eigenvalue weighted by Crippen LogP contribution is -2.41. The summed E-state index contributed by atoms with van der Waals surface area (Å²) in [4.78, 5) is 31.6. The van der Waals surface area contributed by atoms with E-state index in [2.05, 4.69) is 20.3 Å². The minimum absolute atomic E-state index is 0.0696. The number of hydrogen-bond acceptors (Lipinski definition) is 12. The molecule has 0 aliphatic carbocycles. The number of halogens is 1. The van der Waals surface area contributed by atoms with Crippen molar-refractivity contribution >= 4 is 37.1 Å². The molecule has 1 aliphatic rings. The van der Waals surface area contributed by atoms with Crippen molar-refractivity contribution in [3.05, 3.63) is 36.7 Å². The maximum atomic E-state index is 15.9. The molecule has 1 saturated heterocycles. The number of para-hydroxylation sites is 1. The molecule has 218 valence electrons. The molecule has 1 aliphatic heterocycles. The molecule has 0 saturated carbocycles. The quantitative estimate of drug-likeness (QED) is 0.171. The van der Waals surface area contributed by atoms with E-state index in [9.17, 15) is 14.5 Å². The number of carbonyl (C=O) groups is 1. The molecule has 0 bridgehead atoms. The number of esters is 1. The van der Waals surface area contributed by atoms with Crippen LogP contribution in [0.4, 0.5) is 16.2 Å². The molecule has 3 heterocycles. The Labute approximate surface area is 230 Å². The predicted octanol–water partition coefficient (Wildman–Crippen LogP) is 2.48. The van der Waals surface area contributed by atoms with Crippen LogP contribution in [0, 0.1) is 0 Å². The topological polar surface area (TPSA) is 176 Å². The van der Waals surface area contributed by atoms with Gasteiger partial charge in [0.2, 0.25) is 5.95 Å². The molecule has 1 fully saturated rings. The first-order valence-electron chi connectivity index (χ1n) is 12.5. The lowest BCUT2D eigenvalue weighted by atomic mass is 9.98. The number of hydrogen-bond donors (Lipinski definition) is 3. The number of benzene rings is 1. The lowest BCUT2D eigenvalue weighted by Gasteiger charge is -2.27. The summed E-state index contributed by atoms with van der Waals surface area (Å²) in [5.41, 5.74) is 3.98. The number of aliphatic hydroxyl groups is 1. The zero-order valence-electron chi connectivity index (χ0n) is 22.6. The molecule has 16 heteroatoms. The van der Waals surface area contributed by atoms with Crippen LogP contribution in [0.2, 0.25) is 0 Å². The number of ether oxygens (including phenoxy) is 2. The van der Waals surface area contributed by atoms with Crippen LogP contribution in [0.3, 0.4) is 0 Å². The summed E-state index contributed by atoms with van der Waals surface area (Å²) in [6, 6.07) is 7.26. The Bertz CT molecular complexity index is 1360. The number of imidazole rings is 1. The van der Waals surface area contributed by atoms with E-state index < -0.39 is 57.0 Å². The number of nitrogen functional groups attached to an aromatic ring is 1. The first kappa shape index (κ1) is 29.6. The van der Waals surface area contributed by atoms with E-state index in [4.69, 9.17) is 24.6 Å². The van der Waals surface area contributed by atoms with Gasteiger partial charge in [-0.25, -0.2) is 9.37 Å². The molecule has 1 unspecified atom stereocenters. The Morgan fingerprint density at radius 1 is 1.32 bits per heavy atom. The van der Waals surface area contributed by atoms with Crippen molar-refractivity contribution in [2.24, 2.45) is 0 Å². The van der Waals surface area contributed by atoms with Gasteiger partial charge in [0.1, 0.15) is 24.0 Å². The monoisotopic (exact) mass is 581 g/mol. The van der Waals surface area contributed by atoms with Crippen LogP contribution < -0.4 is 15.9 Å². The van der Waals surface area contributed by atoms with Crippen molar-refractivity contribution in [1.82, 2.24) is 24.4 Å². The highest BCUT2D eigenvalue weighted by molar-refractivity contribution is 7.36. The van der Waals surface area contributed by atoms with Crippen molar-refractivity contribution < 1.29 is 37.7 Å². The molecule has 4 rings (SSSR count). The summed E-state index contributed by atoms with van der Waals surface area (Å²) in [5, 5.41) is 13.7. The van der Waals surface area contributed by atoms with Crippen LogP contribution in [-0.4, -0.2) is 79.1 Å². The molecule has 0 radical (unpaired) electrons. The van der Waals surface area contributed by atoms with Gasteiger partial charge in [0.05, 0.1) is 19.0 Å². The molecule has 14 nitrogen and oxygen atoms in total. The van der Waals surface area contributed by atoms with Gasteiger partial charge >= 0.3 is 5.97 Å². The minimum atomic E-state index is -3.29. The zero-order valence-corrected chi connectivity index (χ0v) is 23.6. The molecular weight excluding hydrogens is 548 g/mol. The summed E-state index contributed by atoms with van der Waals surface area (Å²) >= 11 is 0. The number of anilines is 2. The summed E-state index contributed by atoms with van der Waals surface area (Å²) in [6.45, 7) is 5.49. The molecule has 1 aromatic carbocycles. The fraction of sp³-hybridized carbons (Fsp3) is 0.500. The van der Waals surface area contributed by atoms with Crippen LogP contribution in [0.15, 0.2) is 36.7 Å². The minimum Gasteiger partial charge on any atom is -0.462 e. The fourth-order valence-electron chi connectivity index (χ4n) is 4.14. The van der Waals surface area contributed by atoms with E-state index in [-0.39, 0.29) is 11.6 Å². The van der Waals surface area contributed by atoms with Crippen LogP contribution >= 0.6 is 8.18 Å². The zero-order chi connectivity index (χ0) is 29.2. The number of aromatic nitrogens is 4. The highest BCUT2D eigenvalue weighted by Crippen LogP contribution is 2.44. The summed E-state index contributed by atoms with van der Waals surface area (Å²) in [6.07, 6.45) is -3.41. The van der Waals surface area contributed by atoms with Crippen molar-refractivity contribution in [1.29, 1.82) is 0 Å². The first-order chi connectivity index (χ1) is 18.9. The Morgan fingerprint density at radius 3 is 2.67 bits per heavy atom. The highest BCUT2D eigenvalue weighted by atomic mass is 31.1. The van der Waals surface area contributed by atoms with Crippen molar-refractivity contribution in [3.63, 3.8) is 0 Å². The van der Waals surface area contributed by atoms with Crippen LogP contribution in [-0.2, 0) is 23.4 Å². The van der Waals surface area contributed by atoms with Crippen LogP contribution in [0.25, 0.3) is 11.2 Å². The maximum absolute atomic E-state index is 15.9. The van der Waals surface area contributed by atoms with Crippen LogP contribution in [0.1, 0.15) is 33.9 Å². The number of carbonyl (C=O) groups excluding carboxylic acids is 1. The number of rotatable bonds is 11. The van der Waals surface area contributed by atoms with E-state index in [0.29, 0.717) is 17.1 Å². The third kappa shape index (κ3) is 6.03. The molecule has 0 amide bonds. The van der Waals surface area contributed by atoms with Gasteiger partial charge < -0.3 is 35.0 Å². The number of hydroxylamine groups is 1. The van der Waals surface area contributed by atoms with E-state index in [1.165, 1.54) is 17.8 Å². The summed E-state index contributed by atoms with van der Waals surface area (Å²) in [7, 11) is -1.66. The van der Waals surface area contributed by atoms with E-state index >= 15 is 4.39 Å². The Kier molecular flexibility index (Phi) is 8.90. The SMILES string of the molecule is CNc1nc(N)nc2c1ncn2[C@@H]1O[C@H](CO[PH](=O)N(Oc2ccccc2)[C@H](C)C(=O)OC(C)C)[C@@H](O)[C@@]1(C)F. The Morgan fingerprint density at radius 2 is 2.02 bits per heavy atom. The second kappa shape index (κ2) is 12.0. The Hall–Kier alpha value is -3.36. The number of nitrogens with one attached hydrogen (secondary N) is 1. The third-order valence-corrected chi connectivity index (χ3v) is 7.44. The van der Waals surface area contributed by atoms with Gasteiger partial charge in [0, 0.05) is 7.05 Å². The molecule has 2 aromatic heterocycles. The average molecular weight is 582 g/mol. The lowest BCUT2D eigenvalue weighted by molar-refractivity contribution is -0.159. The van der Waals surface area contributed by atoms with Gasteiger partial charge in [-0.3, -0.25) is 13.9 Å². The van der Waals surface area contributed by atoms with Crippen molar-refractivity contribution in [3.8, 4) is 5.75 Å². The van der Waals surface area contributed by atoms with Crippen molar-refractivity contribution in [2.75, 3.05) is 24.7 Å². The smallest absolute Gasteiger partial charge is 0.327 e. The molecule has 4 N–H and O–H groups in total. The molecule has 6 atom stereocenters. The number of aliphatic hydroxyl groups excluding tert-OH is 1. The Balaban J connectivity index is 1.52. The molecule has 0 spiro atoms. The number of nitrogens with zero attached hydrogens (tertiary/aromatic N) is 5. The highest BCUT2D eigenvalue weighted by Gasteiger charge is 2.55. The second-order valence-electron chi connectivity index (χ2n) is 9.60. The summed E-state index contributed by atoms with van der Waals surface area (Å²) < 4.78 is 47.0. The standard InChI is InChI=1S/C24H33FN7O7P/c1-13(2)37-21(34)14(3)32(39-15-9-7-6-8-10-15)40(35)36-11-16-18(33)24(4,25)22(38-16)31-12-28-17-19(27-5)29-23(26)30-20(17)31/h6-10,12-14,16,18,22,33,40H,11H2,1-5H3,(H3,26,27,29,30)/t14-,16-,18-,22-,24-/m1/s1. The van der Waals surface area contributed by atoms with Gasteiger partial charge in [-0.05, 0) is 39.8 Å². The van der Waals surface area contributed by atoms with E-state index in [0.717, 1.165) is 11.8 Å². The van der Waals surface area contributed by atoms with Gasteiger partial charge in [-0.15, -0.1) is 0 Å². The fourth-order valence-corrected chi connectivity index (χ4v) is 5.18. The third-order valence-electron chi connectivity index (χ3n) is 6.19. The van der Waals surface area contributed by atoms with Gasteiger partial charge in [0.25, 0.3) is 8.18 Å². The molecular formula is C24H33FN7O7P. The van der Waals surface area contributed by atoms with Gasteiger partial charge in [0.15, 0.2) is 28.9 Å². The number of alkyl halides is 1. The van der Waals surface area contributed by atoms with Gasteiger partial charge in [-0.2, -0.15) is 9.97 Å². The maximum Gasteiger partial charge on any atom is 0.327 e. The van der Waals surface area contributed by atoms with E-state index in [1.807, 2.05) is 0 Å². The second-order valence-corrected chi connectivity index (χ2v) is 10.9. The van der Waals surface area contributed by atoms with Crippen molar-refractivity contribution in [2.45, 2.75) is 63.9 Å². The molecule has 3 aromatic rings. The number of fused-ring (bicyclic) bond motifs is 1. The largest absolute Gasteiger partial charge is 0.462 e.